The Labute approximate surface area is 200 Å². The molecule has 0 fully saturated rings. The molecule has 3 aromatic rings. The normalized spacial score (nSPS) is 10.5. The monoisotopic (exact) mass is 519 g/mol. The van der Waals surface area contributed by atoms with E-state index < -0.39 is 5.97 Å². The van der Waals surface area contributed by atoms with Gasteiger partial charge in [0.25, 0.3) is 0 Å². The Hall–Kier alpha value is -2.90. The van der Waals surface area contributed by atoms with Gasteiger partial charge in [-0.25, -0.2) is 4.79 Å². The summed E-state index contributed by atoms with van der Waals surface area (Å²) in [6.45, 7) is 3.15. The Morgan fingerprint density at radius 3 is 2.53 bits per heavy atom. The van der Waals surface area contributed by atoms with E-state index in [-0.39, 0.29) is 5.56 Å². The minimum absolute atomic E-state index is 0.173. The van der Waals surface area contributed by atoms with Gasteiger partial charge in [0.05, 0.1) is 25.0 Å². The zero-order chi connectivity index (χ0) is 23.1. The molecule has 0 aliphatic rings. The quantitative estimate of drug-likeness (QED) is 0.322. The number of carboxylic acid groups (broad SMARTS) is 1. The lowest BCUT2D eigenvalue weighted by molar-refractivity contribution is 0.0697. The molecule has 32 heavy (non-hydrogen) atoms. The van der Waals surface area contributed by atoms with Gasteiger partial charge in [-0.3, -0.25) is 0 Å². The number of rotatable bonds is 10. The predicted octanol–water partition coefficient (Wildman–Crippen LogP) is 6.40. The minimum Gasteiger partial charge on any atom is -0.495 e. The van der Waals surface area contributed by atoms with Gasteiger partial charge in [-0.05, 0) is 60.5 Å². The molecule has 0 bridgehead atoms. The van der Waals surface area contributed by atoms with Gasteiger partial charge in [-0.15, -0.1) is 0 Å². The van der Waals surface area contributed by atoms with Crippen LogP contribution in [-0.2, 0) is 13.2 Å². The summed E-state index contributed by atoms with van der Waals surface area (Å²) in [5.74, 6) is 0.767. The van der Waals surface area contributed by atoms with Crippen molar-refractivity contribution in [3.05, 3.63) is 80.8 Å². The number of carbonyl (C=O) groups is 1. The third-order valence-electron chi connectivity index (χ3n) is 4.61. The summed E-state index contributed by atoms with van der Waals surface area (Å²) < 4.78 is 17.9. The Balaban J connectivity index is 1.80. The summed E-state index contributed by atoms with van der Waals surface area (Å²) in [7, 11) is 1.54. The van der Waals surface area contributed by atoms with E-state index in [4.69, 9.17) is 25.8 Å². The Bertz CT molecular complexity index is 1110. The van der Waals surface area contributed by atoms with Crippen LogP contribution in [0.5, 0.6) is 17.2 Å². The predicted molar refractivity (Wildman–Crippen MR) is 128 cm³/mol. The van der Waals surface area contributed by atoms with Crippen molar-refractivity contribution in [1.82, 2.24) is 0 Å². The van der Waals surface area contributed by atoms with E-state index in [9.17, 15) is 9.90 Å². The molecule has 3 aromatic carbocycles. The molecule has 0 unspecified atom stereocenters. The fraction of sp³-hybridized carbons (Fsp3) is 0.208. The lowest BCUT2D eigenvalue weighted by atomic mass is 10.1. The third-order valence-corrected chi connectivity index (χ3v) is 5.58. The maximum absolute atomic E-state index is 11.3. The molecule has 0 aromatic heterocycles. The van der Waals surface area contributed by atoms with E-state index in [1.807, 2.05) is 43.3 Å². The van der Waals surface area contributed by atoms with Crippen LogP contribution in [0.4, 0.5) is 5.69 Å². The molecule has 0 heterocycles. The number of nitrogens with one attached hydrogen (secondary N) is 1. The number of hydrogen-bond acceptors (Lipinski definition) is 5. The summed E-state index contributed by atoms with van der Waals surface area (Å²) in [5.41, 5.74) is 2.62. The van der Waals surface area contributed by atoms with Crippen molar-refractivity contribution < 1.29 is 24.1 Å². The van der Waals surface area contributed by atoms with Crippen molar-refractivity contribution in [2.24, 2.45) is 0 Å². The topological polar surface area (TPSA) is 77.0 Å². The fourth-order valence-electron chi connectivity index (χ4n) is 3.05. The molecular weight excluding hydrogens is 498 g/mol. The summed E-state index contributed by atoms with van der Waals surface area (Å²) in [6, 6.07) is 15.9. The first-order valence-corrected chi connectivity index (χ1v) is 11.1. The summed E-state index contributed by atoms with van der Waals surface area (Å²) in [6.07, 6.45) is 0. The molecule has 3 rings (SSSR count). The van der Waals surface area contributed by atoms with E-state index in [0.717, 1.165) is 15.6 Å². The summed E-state index contributed by atoms with van der Waals surface area (Å²) in [4.78, 5) is 11.3. The highest BCUT2D eigenvalue weighted by atomic mass is 79.9. The summed E-state index contributed by atoms with van der Waals surface area (Å²) in [5, 5.41) is 13.2. The van der Waals surface area contributed by atoms with Crippen LogP contribution in [0.3, 0.4) is 0 Å². The molecule has 2 N–H and O–H groups in total. The number of ether oxygens (including phenoxy) is 3. The van der Waals surface area contributed by atoms with Crippen LogP contribution in [-0.4, -0.2) is 24.8 Å². The molecule has 0 saturated carbocycles. The molecule has 6 nitrogen and oxygen atoms in total. The maximum atomic E-state index is 11.3. The van der Waals surface area contributed by atoms with Crippen LogP contribution in [0.25, 0.3) is 0 Å². The third kappa shape index (κ3) is 6.08. The van der Waals surface area contributed by atoms with Crippen LogP contribution in [0.1, 0.15) is 28.4 Å². The fourth-order valence-corrected chi connectivity index (χ4v) is 3.73. The first kappa shape index (κ1) is 23.8. The standard InChI is InChI=1S/C24H23BrClNO5/c1-3-31-22-11-17(13-27-20-10-16(24(28)29)7-8-21(20)30-2)19(25)12-23(22)32-14-15-5-4-6-18(26)9-15/h4-12,27H,3,13-14H2,1-2H3,(H,28,29). The molecule has 0 atom stereocenters. The maximum Gasteiger partial charge on any atom is 0.335 e. The molecule has 0 saturated heterocycles. The van der Waals surface area contributed by atoms with Crippen molar-refractivity contribution in [1.29, 1.82) is 0 Å². The number of benzene rings is 3. The van der Waals surface area contributed by atoms with E-state index >= 15 is 0 Å². The first-order chi connectivity index (χ1) is 15.4. The molecular formula is C24H23BrClNO5. The van der Waals surface area contributed by atoms with E-state index in [0.29, 0.717) is 47.7 Å². The minimum atomic E-state index is -1.00. The van der Waals surface area contributed by atoms with Gasteiger partial charge < -0.3 is 24.6 Å². The van der Waals surface area contributed by atoms with Gasteiger partial charge in [0.15, 0.2) is 11.5 Å². The van der Waals surface area contributed by atoms with Crippen LogP contribution in [0.2, 0.25) is 5.02 Å². The van der Waals surface area contributed by atoms with Crippen LogP contribution in [0, 0.1) is 0 Å². The smallest absolute Gasteiger partial charge is 0.335 e. The van der Waals surface area contributed by atoms with Gasteiger partial charge in [0.1, 0.15) is 12.4 Å². The van der Waals surface area contributed by atoms with Crippen molar-refractivity contribution >= 4 is 39.2 Å². The van der Waals surface area contributed by atoms with Crippen molar-refractivity contribution in [2.45, 2.75) is 20.1 Å². The lowest BCUT2D eigenvalue weighted by Gasteiger charge is -2.17. The van der Waals surface area contributed by atoms with Crippen molar-refractivity contribution in [2.75, 3.05) is 19.0 Å². The van der Waals surface area contributed by atoms with Crippen LogP contribution in [0.15, 0.2) is 59.1 Å². The highest BCUT2D eigenvalue weighted by molar-refractivity contribution is 9.10. The SMILES string of the molecule is CCOc1cc(CNc2cc(C(=O)O)ccc2OC)c(Br)cc1OCc1cccc(Cl)c1. The Morgan fingerprint density at radius 1 is 1.06 bits per heavy atom. The van der Waals surface area contributed by atoms with E-state index in [1.54, 1.807) is 12.1 Å². The van der Waals surface area contributed by atoms with Crippen molar-refractivity contribution in [3.8, 4) is 17.2 Å². The van der Waals surface area contributed by atoms with E-state index in [2.05, 4.69) is 21.2 Å². The number of hydrogen-bond donors (Lipinski definition) is 2. The number of methoxy groups -OCH3 is 1. The zero-order valence-corrected chi connectivity index (χ0v) is 20.0. The average molecular weight is 521 g/mol. The number of carboxylic acids is 1. The highest BCUT2D eigenvalue weighted by Crippen LogP contribution is 2.35. The van der Waals surface area contributed by atoms with Crippen molar-refractivity contribution in [3.63, 3.8) is 0 Å². The van der Waals surface area contributed by atoms with Gasteiger partial charge in [0.2, 0.25) is 0 Å². The molecule has 8 heteroatoms. The number of aromatic carboxylic acids is 1. The molecule has 0 aliphatic heterocycles. The second-order valence-electron chi connectivity index (χ2n) is 6.82. The second-order valence-corrected chi connectivity index (χ2v) is 8.11. The largest absolute Gasteiger partial charge is 0.495 e. The van der Waals surface area contributed by atoms with Gasteiger partial charge >= 0.3 is 5.97 Å². The van der Waals surface area contributed by atoms with Crippen LogP contribution < -0.4 is 19.5 Å². The Morgan fingerprint density at radius 2 is 1.84 bits per heavy atom. The lowest BCUT2D eigenvalue weighted by Crippen LogP contribution is -2.06. The van der Waals surface area contributed by atoms with Gasteiger partial charge in [-0.1, -0.05) is 39.7 Å². The van der Waals surface area contributed by atoms with Crippen LogP contribution >= 0.6 is 27.5 Å². The first-order valence-electron chi connectivity index (χ1n) is 9.89. The highest BCUT2D eigenvalue weighted by Gasteiger charge is 2.13. The molecule has 0 amide bonds. The van der Waals surface area contributed by atoms with E-state index in [1.165, 1.54) is 13.2 Å². The number of anilines is 1. The summed E-state index contributed by atoms with van der Waals surface area (Å²) >= 11 is 9.65. The van der Waals surface area contributed by atoms with Gasteiger partial charge in [0, 0.05) is 16.0 Å². The molecule has 0 spiro atoms. The number of halogens is 2. The zero-order valence-electron chi connectivity index (χ0n) is 17.7. The molecule has 0 aliphatic carbocycles. The Kier molecular flexibility index (Phi) is 8.25. The molecule has 168 valence electrons. The second kappa shape index (κ2) is 11.1. The average Bonchev–Trinajstić information content (AvgIpc) is 2.78. The molecule has 0 radical (unpaired) electrons. The van der Waals surface area contributed by atoms with Gasteiger partial charge in [-0.2, -0.15) is 0 Å².